The highest BCUT2D eigenvalue weighted by molar-refractivity contribution is 5.95. The van der Waals surface area contributed by atoms with Crippen LogP contribution in [0.15, 0.2) is 48.7 Å². The molecule has 0 bridgehead atoms. The Balaban J connectivity index is 1.27. The minimum atomic E-state index is 0.0579. The normalized spacial score (nSPS) is 18.5. The van der Waals surface area contributed by atoms with Crippen molar-refractivity contribution in [3.05, 3.63) is 54.2 Å². The molecule has 1 aliphatic carbocycles. The van der Waals surface area contributed by atoms with Crippen molar-refractivity contribution in [2.24, 2.45) is 11.8 Å². The van der Waals surface area contributed by atoms with Crippen molar-refractivity contribution in [1.82, 2.24) is 20.0 Å². The quantitative estimate of drug-likeness (QED) is 0.633. The number of aromatic amines is 1. The van der Waals surface area contributed by atoms with E-state index in [2.05, 4.69) is 36.2 Å². The predicted molar refractivity (Wildman–Crippen MR) is 125 cm³/mol. The summed E-state index contributed by atoms with van der Waals surface area (Å²) in [7, 11) is 0. The largest absolute Gasteiger partial charge is 0.342 e. The molecule has 5 rings (SSSR count). The number of hydrogen-bond acceptors (Lipinski definition) is 3. The Labute approximate surface area is 188 Å². The van der Waals surface area contributed by atoms with Crippen LogP contribution >= 0.6 is 0 Å². The van der Waals surface area contributed by atoms with Crippen LogP contribution in [-0.2, 0) is 4.79 Å². The molecule has 1 aliphatic heterocycles. The zero-order valence-corrected chi connectivity index (χ0v) is 18.8. The van der Waals surface area contributed by atoms with Gasteiger partial charge in [0.2, 0.25) is 5.91 Å². The van der Waals surface area contributed by atoms with Crippen molar-refractivity contribution in [2.45, 2.75) is 39.2 Å². The number of benzene rings is 2. The maximum Gasteiger partial charge on any atom is 0.254 e. The first-order valence-corrected chi connectivity index (χ1v) is 11.6. The number of amides is 2. The molecule has 1 saturated carbocycles. The lowest BCUT2D eigenvalue weighted by Crippen LogP contribution is -2.41. The molecule has 166 valence electrons. The van der Waals surface area contributed by atoms with Gasteiger partial charge in [0.05, 0.1) is 11.7 Å². The van der Waals surface area contributed by atoms with E-state index in [1.54, 1.807) is 0 Å². The van der Waals surface area contributed by atoms with E-state index in [0.717, 1.165) is 54.4 Å². The van der Waals surface area contributed by atoms with Crippen LogP contribution in [0.5, 0.6) is 0 Å². The fourth-order valence-electron chi connectivity index (χ4n) is 4.66. The molecular formula is C26H30N4O2. The number of nitrogens with zero attached hydrogens (tertiary/aromatic N) is 3. The first-order valence-electron chi connectivity index (χ1n) is 11.6. The van der Waals surface area contributed by atoms with E-state index >= 15 is 0 Å². The van der Waals surface area contributed by atoms with E-state index in [-0.39, 0.29) is 17.9 Å². The maximum absolute atomic E-state index is 13.3. The van der Waals surface area contributed by atoms with Gasteiger partial charge >= 0.3 is 0 Å². The first kappa shape index (κ1) is 20.7. The molecule has 0 radical (unpaired) electrons. The SMILES string of the molecule is CC(C)N(C[C@@H]1CCN(C(=O)C2CC2)C1)C(=O)c1ccc(-c2ccc3cn[nH]c3c2)cc1. The summed E-state index contributed by atoms with van der Waals surface area (Å²) in [5.41, 5.74) is 3.86. The van der Waals surface area contributed by atoms with Crippen LogP contribution < -0.4 is 0 Å². The fourth-order valence-corrected chi connectivity index (χ4v) is 4.66. The molecule has 1 atom stereocenters. The summed E-state index contributed by atoms with van der Waals surface area (Å²) in [5, 5.41) is 8.17. The number of rotatable bonds is 6. The van der Waals surface area contributed by atoms with Crippen LogP contribution in [0.4, 0.5) is 0 Å². The van der Waals surface area contributed by atoms with Gasteiger partial charge < -0.3 is 9.80 Å². The van der Waals surface area contributed by atoms with E-state index in [1.165, 1.54) is 0 Å². The zero-order chi connectivity index (χ0) is 22.2. The van der Waals surface area contributed by atoms with Crippen LogP contribution in [-0.4, -0.2) is 57.5 Å². The van der Waals surface area contributed by atoms with Crippen LogP contribution in [0.3, 0.4) is 0 Å². The monoisotopic (exact) mass is 430 g/mol. The second-order valence-electron chi connectivity index (χ2n) is 9.51. The number of H-pyrrole nitrogens is 1. The molecule has 1 N–H and O–H groups in total. The average Bonchev–Trinajstić information content (AvgIpc) is 3.36. The fraction of sp³-hybridized carbons (Fsp3) is 0.423. The van der Waals surface area contributed by atoms with E-state index in [1.807, 2.05) is 46.3 Å². The molecular weight excluding hydrogens is 400 g/mol. The summed E-state index contributed by atoms with van der Waals surface area (Å²) in [5.74, 6) is 0.995. The van der Waals surface area contributed by atoms with Crippen molar-refractivity contribution in [3.8, 4) is 11.1 Å². The molecule has 2 aromatic carbocycles. The van der Waals surface area contributed by atoms with E-state index < -0.39 is 0 Å². The Bertz CT molecular complexity index is 1130. The summed E-state index contributed by atoms with van der Waals surface area (Å²) >= 11 is 0. The molecule has 32 heavy (non-hydrogen) atoms. The lowest BCUT2D eigenvalue weighted by atomic mass is 10.0. The van der Waals surface area contributed by atoms with Crippen molar-refractivity contribution < 1.29 is 9.59 Å². The number of hydrogen-bond donors (Lipinski definition) is 1. The van der Waals surface area contributed by atoms with Gasteiger partial charge in [-0.2, -0.15) is 5.10 Å². The minimum absolute atomic E-state index is 0.0579. The molecule has 2 fully saturated rings. The Kier molecular flexibility index (Phi) is 5.45. The van der Waals surface area contributed by atoms with Gasteiger partial charge in [-0.15, -0.1) is 0 Å². The first-order chi connectivity index (χ1) is 15.5. The third-order valence-corrected chi connectivity index (χ3v) is 6.77. The van der Waals surface area contributed by atoms with Gasteiger partial charge in [0.25, 0.3) is 5.91 Å². The van der Waals surface area contributed by atoms with Crippen molar-refractivity contribution >= 4 is 22.7 Å². The summed E-state index contributed by atoms with van der Waals surface area (Å²) in [4.78, 5) is 29.7. The van der Waals surface area contributed by atoms with E-state index in [4.69, 9.17) is 0 Å². The molecule has 6 heteroatoms. The topological polar surface area (TPSA) is 69.3 Å². The molecule has 6 nitrogen and oxygen atoms in total. The van der Waals surface area contributed by atoms with Gasteiger partial charge in [0.1, 0.15) is 0 Å². The highest BCUT2D eigenvalue weighted by Crippen LogP contribution is 2.33. The predicted octanol–water partition coefficient (Wildman–Crippen LogP) is 4.34. The van der Waals surface area contributed by atoms with Gasteiger partial charge in [-0.05, 0) is 68.4 Å². The second kappa shape index (κ2) is 8.41. The van der Waals surface area contributed by atoms with Crippen molar-refractivity contribution in [3.63, 3.8) is 0 Å². The third kappa shape index (κ3) is 4.14. The molecule has 3 aromatic rings. The summed E-state index contributed by atoms with van der Waals surface area (Å²) in [6.45, 7) is 6.43. The highest BCUT2D eigenvalue weighted by Gasteiger charge is 2.37. The number of carbonyl (C=O) groups is 2. The van der Waals surface area contributed by atoms with Crippen molar-refractivity contribution in [2.75, 3.05) is 19.6 Å². The molecule has 0 spiro atoms. The lowest BCUT2D eigenvalue weighted by molar-refractivity contribution is -0.131. The Hall–Kier alpha value is -3.15. The third-order valence-electron chi connectivity index (χ3n) is 6.77. The number of nitrogens with one attached hydrogen (secondary N) is 1. The van der Waals surface area contributed by atoms with E-state index in [0.29, 0.717) is 23.9 Å². The maximum atomic E-state index is 13.3. The van der Waals surface area contributed by atoms with Crippen molar-refractivity contribution in [1.29, 1.82) is 0 Å². The molecule has 2 heterocycles. The van der Waals surface area contributed by atoms with Crippen LogP contribution in [0.25, 0.3) is 22.0 Å². The standard InChI is InChI=1S/C26H30N4O2/c1-17(2)30(16-18-11-12-29(15-18)25(31)20-7-8-20)26(32)21-5-3-19(4-6-21)22-9-10-23-14-27-28-24(23)13-22/h3-6,9-10,13-14,17-18,20H,7-8,11-12,15-16H2,1-2H3,(H,27,28)/t18-/m1/s1. The van der Waals surface area contributed by atoms with Gasteiger partial charge in [-0.3, -0.25) is 14.7 Å². The van der Waals surface area contributed by atoms with Crippen LogP contribution in [0.1, 0.15) is 43.5 Å². The number of fused-ring (bicyclic) bond motifs is 1. The highest BCUT2D eigenvalue weighted by atomic mass is 16.2. The van der Waals surface area contributed by atoms with Gasteiger partial charge in [-0.1, -0.05) is 24.3 Å². The zero-order valence-electron chi connectivity index (χ0n) is 18.8. The smallest absolute Gasteiger partial charge is 0.254 e. The van der Waals surface area contributed by atoms with E-state index in [9.17, 15) is 9.59 Å². The van der Waals surface area contributed by atoms with Crippen LogP contribution in [0.2, 0.25) is 0 Å². The molecule has 2 amide bonds. The number of likely N-dealkylation sites (tertiary alicyclic amines) is 1. The van der Waals surface area contributed by atoms with Crippen LogP contribution in [0, 0.1) is 11.8 Å². The minimum Gasteiger partial charge on any atom is -0.342 e. The summed E-state index contributed by atoms with van der Waals surface area (Å²) in [6.07, 6.45) is 4.88. The number of carbonyl (C=O) groups excluding carboxylic acids is 2. The van der Waals surface area contributed by atoms with Gasteiger partial charge in [0.15, 0.2) is 0 Å². The Morgan fingerprint density at radius 3 is 2.56 bits per heavy atom. The molecule has 0 unspecified atom stereocenters. The summed E-state index contributed by atoms with van der Waals surface area (Å²) in [6, 6.07) is 14.2. The summed E-state index contributed by atoms with van der Waals surface area (Å²) < 4.78 is 0. The Morgan fingerprint density at radius 2 is 1.84 bits per heavy atom. The second-order valence-corrected chi connectivity index (χ2v) is 9.51. The average molecular weight is 431 g/mol. The van der Waals surface area contributed by atoms with Gasteiger partial charge in [0, 0.05) is 42.5 Å². The van der Waals surface area contributed by atoms with Gasteiger partial charge in [-0.25, -0.2) is 0 Å². The Morgan fingerprint density at radius 1 is 1.09 bits per heavy atom. The number of aromatic nitrogens is 2. The molecule has 1 aromatic heterocycles. The molecule has 1 saturated heterocycles. The lowest BCUT2D eigenvalue weighted by Gasteiger charge is -2.30. The molecule has 2 aliphatic rings.